The standard InChI is InChI=1S/C17H20N4O3/c1-16(2)8-17(15(23)24-3)9-20(7-12(16)17)14(22)11-5-4-6-13-18-10-19-21(11)13/h4-6,10,12H,7-9H2,1-3H3/t12-,17+/m1/s1. The Kier molecular flexibility index (Phi) is 3.01. The number of rotatable bonds is 2. The summed E-state index contributed by atoms with van der Waals surface area (Å²) in [6.45, 7) is 5.25. The van der Waals surface area contributed by atoms with Crippen molar-refractivity contribution < 1.29 is 14.3 Å². The van der Waals surface area contributed by atoms with E-state index in [2.05, 4.69) is 23.9 Å². The number of methoxy groups -OCH3 is 1. The maximum Gasteiger partial charge on any atom is 0.314 e. The number of fused-ring (bicyclic) bond motifs is 2. The molecule has 1 saturated carbocycles. The highest BCUT2D eigenvalue weighted by Crippen LogP contribution is 2.63. The Hall–Kier alpha value is -2.44. The van der Waals surface area contributed by atoms with Crippen molar-refractivity contribution in [2.75, 3.05) is 20.2 Å². The van der Waals surface area contributed by atoms with E-state index < -0.39 is 5.41 Å². The van der Waals surface area contributed by atoms with Gasteiger partial charge in [0.2, 0.25) is 0 Å². The number of ether oxygens (including phenoxy) is 1. The molecule has 0 aromatic carbocycles. The average molecular weight is 328 g/mol. The molecule has 2 fully saturated rings. The number of esters is 1. The molecule has 1 aliphatic heterocycles. The van der Waals surface area contributed by atoms with Crippen molar-refractivity contribution in [1.29, 1.82) is 0 Å². The molecule has 126 valence electrons. The largest absolute Gasteiger partial charge is 0.469 e. The monoisotopic (exact) mass is 328 g/mol. The van der Waals surface area contributed by atoms with Crippen molar-refractivity contribution >= 4 is 17.5 Å². The number of amides is 1. The molecular formula is C17H20N4O3. The first-order valence-electron chi connectivity index (χ1n) is 8.05. The molecule has 0 radical (unpaired) electrons. The molecule has 7 heteroatoms. The molecule has 2 aromatic rings. The molecule has 1 aliphatic carbocycles. The third kappa shape index (κ3) is 1.84. The number of carbonyl (C=O) groups excluding carboxylic acids is 2. The van der Waals surface area contributed by atoms with Gasteiger partial charge in [-0.05, 0) is 29.9 Å². The van der Waals surface area contributed by atoms with E-state index >= 15 is 0 Å². The molecule has 7 nitrogen and oxygen atoms in total. The Labute approximate surface area is 139 Å². The second-order valence-corrected chi connectivity index (χ2v) is 7.49. The molecule has 24 heavy (non-hydrogen) atoms. The SMILES string of the molecule is COC(=O)[C@@]12CN(C(=O)c3cccc4ncnn34)C[C@@H]1C(C)(C)C2. The number of pyridine rings is 1. The van der Waals surface area contributed by atoms with Gasteiger partial charge in [0.1, 0.15) is 12.0 Å². The quantitative estimate of drug-likeness (QED) is 0.779. The van der Waals surface area contributed by atoms with Gasteiger partial charge in [-0.3, -0.25) is 9.59 Å². The fourth-order valence-electron chi connectivity index (χ4n) is 4.70. The molecule has 2 aromatic heterocycles. The molecule has 2 aliphatic rings. The van der Waals surface area contributed by atoms with Gasteiger partial charge in [-0.1, -0.05) is 19.9 Å². The van der Waals surface area contributed by atoms with Gasteiger partial charge in [-0.15, -0.1) is 0 Å². The van der Waals surface area contributed by atoms with Gasteiger partial charge in [0, 0.05) is 13.1 Å². The molecule has 4 rings (SSSR count). The van der Waals surface area contributed by atoms with Crippen molar-refractivity contribution in [2.45, 2.75) is 20.3 Å². The van der Waals surface area contributed by atoms with E-state index in [-0.39, 0.29) is 23.2 Å². The number of nitrogens with zero attached hydrogens (tertiary/aromatic N) is 4. The first-order chi connectivity index (χ1) is 11.4. The molecule has 0 N–H and O–H groups in total. The van der Waals surface area contributed by atoms with Crippen molar-refractivity contribution in [1.82, 2.24) is 19.5 Å². The van der Waals surface area contributed by atoms with Crippen molar-refractivity contribution in [3.05, 3.63) is 30.2 Å². The fraction of sp³-hybridized carbons (Fsp3) is 0.529. The molecule has 0 spiro atoms. The van der Waals surface area contributed by atoms with E-state index in [0.717, 1.165) is 6.42 Å². The summed E-state index contributed by atoms with van der Waals surface area (Å²) in [6.07, 6.45) is 2.17. The van der Waals surface area contributed by atoms with Gasteiger partial charge in [0.15, 0.2) is 5.65 Å². The van der Waals surface area contributed by atoms with Crippen LogP contribution >= 0.6 is 0 Å². The van der Waals surface area contributed by atoms with E-state index in [4.69, 9.17) is 4.74 Å². The third-order valence-corrected chi connectivity index (χ3v) is 5.66. The molecule has 1 amide bonds. The molecular weight excluding hydrogens is 308 g/mol. The Morgan fingerprint density at radius 1 is 1.33 bits per heavy atom. The van der Waals surface area contributed by atoms with Crippen molar-refractivity contribution in [3.8, 4) is 0 Å². The average Bonchev–Trinajstić information content (AvgIpc) is 3.16. The second kappa shape index (κ2) is 4.78. The van der Waals surface area contributed by atoms with Crippen LogP contribution in [0, 0.1) is 16.7 Å². The lowest BCUT2D eigenvalue weighted by Gasteiger charge is -2.54. The maximum absolute atomic E-state index is 13.0. The van der Waals surface area contributed by atoms with Crippen LogP contribution in [-0.4, -0.2) is 51.6 Å². The van der Waals surface area contributed by atoms with Crippen LogP contribution in [0.5, 0.6) is 0 Å². The van der Waals surface area contributed by atoms with Gasteiger partial charge in [-0.2, -0.15) is 5.10 Å². The molecule has 1 saturated heterocycles. The van der Waals surface area contributed by atoms with Crippen molar-refractivity contribution in [2.24, 2.45) is 16.7 Å². The lowest BCUT2D eigenvalue weighted by Crippen LogP contribution is -2.57. The number of carbonyl (C=O) groups is 2. The summed E-state index contributed by atoms with van der Waals surface area (Å²) in [5.74, 6) is -0.211. The Bertz CT molecular complexity index is 843. The minimum atomic E-state index is -0.565. The number of aromatic nitrogens is 3. The number of hydrogen-bond donors (Lipinski definition) is 0. The smallest absolute Gasteiger partial charge is 0.314 e. The highest BCUT2D eigenvalue weighted by molar-refractivity contribution is 5.94. The molecule has 0 unspecified atom stereocenters. The van der Waals surface area contributed by atoms with Crippen LogP contribution in [-0.2, 0) is 9.53 Å². The van der Waals surface area contributed by atoms with Gasteiger partial charge in [-0.25, -0.2) is 9.50 Å². The van der Waals surface area contributed by atoms with Crippen LogP contribution in [0.4, 0.5) is 0 Å². The summed E-state index contributed by atoms with van der Waals surface area (Å²) in [5, 5.41) is 4.13. The Balaban J connectivity index is 1.68. The highest BCUT2D eigenvalue weighted by Gasteiger charge is 2.68. The van der Waals surface area contributed by atoms with Gasteiger partial charge >= 0.3 is 5.97 Å². The predicted molar refractivity (Wildman–Crippen MR) is 85.2 cm³/mol. The summed E-state index contributed by atoms with van der Waals surface area (Å²) < 4.78 is 6.58. The minimum Gasteiger partial charge on any atom is -0.469 e. The van der Waals surface area contributed by atoms with E-state index in [1.807, 2.05) is 0 Å². The summed E-state index contributed by atoms with van der Waals surface area (Å²) in [5.41, 5.74) is 0.558. The van der Waals surface area contributed by atoms with Gasteiger partial charge in [0.05, 0.1) is 12.5 Å². The van der Waals surface area contributed by atoms with Crippen LogP contribution in [0.1, 0.15) is 30.8 Å². The van der Waals surface area contributed by atoms with Crippen molar-refractivity contribution in [3.63, 3.8) is 0 Å². The van der Waals surface area contributed by atoms with E-state index in [0.29, 0.717) is 24.4 Å². The Morgan fingerprint density at radius 3 is 2.83 bits per heavy atom. The summed E-state index contributed by atoms with van der Waals surface area (Å²) in [6, 6.07) is 5.33. The lowest BCUT2D eigenvalue weighted by molar-refractivity contribution is -0.174. The first-order valence-corrected chi connectivity index (χ1v) is 8.05. The highest BCUT2D eigenvalue weighted by atomic mass is 16.5. The topological polar surface area (TPSA) is 76.8 Å². The van der Waals surface area contributed by atoms with E-state index in [1.54, 1.807) is 27.6 Å². The van der Waals surface area contributed by atoms with Crippen LogP contribution in [0.2, 0.25) is 0 Å². The van der Waals surface area contributed by atoms with Crippen LogP contribution in [0.3, 0.4) is 0 Å². The maximum atomic E-state index is 13.0. The van der Waals surface area contributed by atoms with Crippen LogP contribution in [0.15, 0.2) is 24.5 Å². The zero-order valence-corrected chi connectivity index (χ0v) is 14.0. The zero-order chi connectivity index (χ0) is 17.1. The van der Waals surface area contributed by atoms with E-state index in [1.165, 1.54) is 13.4 Å². The normalized spacial score (nSPS) is 27.6. The summed E-state index contributed by atoms with van der Waals surface area (Å²) >= 11 is 0. The lowest BCUT2D eigenvalue weighted by atomic mass is 9.48. The zero-order valence-electron chi connectivity index (χ0n) is 14.0. The summed E-state index contributed by atoms with van der Waals surface area (Å²) in [7, 11) is 1.42. The molecule has 0 bridgehead atoms. The van der Waals surface area contributed by atoms with Crippen LogP contribution in [0.25, 0.3) is 5.65 Å². The first kappa shape index (κ1) is 15.1. The van der Waals surface area contributed by atoms with E-state index in [9.17, 15) is 9.59 Å². The molecule has 2 atom stereocenters. The fourth-order valence-corrected chi connectivity index (χ4v) is 4.70. The molecule has 3 heterocycles. The van der Waals surface area contributed by atoms with Gasteiger partial charge < -0.3 is 9.64 Å². The second-order valence-electron chi connectivity index (χ2n) is 7.49. The van der Waals surface area contributed by atoms with Crippen LogP contribution < -0.4 is 0 Å². The summed E-state index contributed by atoms with van der Waals surface area (Å²) in [4.78, 5) is 31.3. The minimum absolute atomic E-state index is 0.0302. The predicted octanol–water partition coefficient (Wildman–Crippen LogP) is 1.39. The van der Waals surface area contributed by atoms with Gasteiger partial charge in [0.25, 0.3) is 5.91 Å². The number of hydrogen-bond acceptors (Lipinski definition) is 5. The Morgan fingerprint density at radius 2 is 2.12 bits per heavy atom. The third-order valence-electron chi connectivity index (χ3n) is 5.66. The number of likely N-dealkylation sites (tertiary alicyclic amines) is 1.